The van der Waals surface area contributed by atoms with Crippen LogP contribution in [0.25, 0.3) is 5.65 Å². The molecule has 4 aliphatic carbocycles. The van der Waals surface area contributed by atoms with Gasteiger partial charge in [0.1, 0.15) is 11.3 Å². The lowest BCUT2D eigenvalue weighted by atomic mass is 9.49. The van der Waals surface area contributed by atoms with Gasteiger partial charge in [-0.2, -0.15) is 0 Å². The summed E-state index contributed by atoms with van der Waals surface area (Å²) in [6.07, 6.45) is 13.2. The van der Waals surface area contributed by atoms with E-state index >= 15 is 0 Å². The van der Waals surface area contributed by atoms with E-state index in [9.17, 15) is 14.7 Å². The first-order valence-electron chi connectivity index (χ1n) is 12.4. The van der Waals surface area contributed by atoms with Gasteiger partial charge in [0.2, 0.25) is 0 Å². The van der Waals surface area contributed by atoms with Crippen LogP contribution in [0.5, 0.6) is 0 Å². The number of amides is 1. The van der Waals surface area contributed by atoms with Crippen molar-refractivity contribution in [3.63, 3.8) is 0 Å². The zero-order chi connectivity index (χ0) is 23.3. The first-order chi connectivity index (χ1) is 16.5. The maximum absolute atomic E-state index is 13.3. The minimum absolute atomic E-state index is 0.0904. The Morgan fingerprint density at radius 3 is 2.47 bits per heavy atom. The van der Waals surface area contributed by atoms with Crippen LogP contribution in [0.2, 0.25) is 0 Å². The summed E-state index contributed by atoms with van der Waals surface area (Å²) >= 11 is 0. The van der Waals surface area contributed by atoms with E-state index in [4.69, 9.17) is 0 Å². The van der Waals surface area contributed by atoms with Crippen LogP contribution >= 0.6 is 0 Å². The van der Waals surface area contributed by atoms with Gasteiger partial charge in [0.05, 0.1) is 11.6 Å². The zero-order valence-electron chi connectivity index (χ0n) is 19.2. The van der Waals surface area contributed by atoms with E-state index in [1.54, 1.807) is 35.1 Å². The Morgan fingerprint density at radius 2 is 1.82 bits per heavy atom. The van der Waals surface area contributed by atoms with E-state index in [-0.39, 0.29) is 17.7 Å². The van der Waals surface area contributed by atoms with Gasteiger partial charge in [-0.15, -0.1) is 0 Å². The second kappa shape index (κ2) is 8.22. The number of carbonyl (C=O) groups is 2. The summed E-state index contributed by atoms with van der Waals surface area (Å²) in [4.78, 5) is 33.8. The van der Waals surface area contributed by atoms with E-state index < -0.39 is 11.9 Å². The summed E-state index contributed by atoms with van der Waals surface area (Å²) in [7, 11) is 0. The molecule has 3 aromatic rings. The first-order valence-corrected chi connectivity index (χ1v) is 12.4. The fraction of sp³-hybridized carbons (Fsp3) is 0.481. The largest absolute Gasteiger partial charge is 0.481 e. The molecule has 1 amide bonds. The maximum Gasteiger partial charge on any atom is 0.311 e. The molecule has 4 fully saturated rings. The van der Waals surface area contributed by atoms with Gasteiger partial charge in [-0.05, 0) is 85.5 Å². The molecule has 7 heteroatoms. The standard InChI is InChI=1S/C27H30N4O3/c32-25(29-16-27-11-17-7-18(12-27)9-19(8-17)13-27)23-4-1-5-24-30-21(15-31(23)24)10-22(26(33)34)20-3-2-6-28-14-20/h1-6,14-15,17-19,22H,7-13,16H2,(H,29,32)(H,33,34). The van der Waals surface area contributed by atoms with Crippen LogP contribution in [0.4, 0.5) is 0 Å². The topological polar surface area (TPSA) is 96.6 Å². The number of nitrogens with one attached hydrogen (secondary N) is 1. The summed E-state index contributed by atoms with van der Waals surface area (Å²) in [6, 6.07) is 9.00. The maximum atomic E-state index is 13.3. The van der Waals surface area contributed by atoms with Gasteiger partial charge in [0.25, 0.3) is 5.91 Å². The number of aliphatic carboxylic acids is 1. The molecule has 0 aromatic carbocycles. The number of imidazole rings is 1. The second-order valence-corrected chi connectivity index (χ2v) is 10.9. The lowest BCUT2D eigenvalue weighted by Gasteiger charge is -2.56. The van der Waals surface area contributed by atoms with Crippen molar-refractivity contribution in [1.82, 2.24) is 19.7 Å². The molecule has 0 aliphatic heterocycles. The van der Waals surface area contributed by atoms with Crippen molar-refractivity contribution in [2.45, 2.75) is 50.9 Å². The SMILES string of the molecule is O=C(NCC12CC3CC(CC(C3)C1)C2)c1cccc2nc(CC(C(=O)O)c3cccnc3)cn12. The molecule has 176 valence electrons. The molecule has 1 atom stereocenters. The van der Waals surface area contributed by atoms with Gasteiger partial charge < -0.3 is 10.4 Å². The van der Waals surface area contributed by atoms with Crippen molar-refractivity contribution < 1.29 is 14.7 Å². The van der Waals surface area contributed by atoms with Crippen molar-refractivity contribution >= 4 is 17.5 Å². The molecular weight excluding hydrogens is 428 g/mol. The van der Waals surface area contributed by atoms with Crippen LogP contribution in [-0.2, 0) is 11.2 Å². The van der Waals surface area contributed by atoms with Crippen LogP contribution in [0.15, 0.2) is 48.9 Å². The molecule has 1 unspecified atom stereocenters. The van der Waals surface area contributed by atoms with Crippen LogP contribution in [0.1, 0.15) is 66.2 Å². The molecule has 3 heterocycles. The quantitative estimate of drug-likeness (QED) is 0.556. The highest BCUT2D eigenvalue weighted by Crippen LogP contribution is 2.59. The molecule has 7 rings (SSSR count). The van der Waals surface area contributed by atoms with Gasteiger partial charge in [-0.1, -0.05) is 12.1 Å². The van der Waals surface area contributed by atoms with Gasteiger partial charge in [0, 0.05) is 31.6 Å². The minimum atomic E-state index is -0.918. The average Bonchev–Trinajstić information content (AvgIpc) is 3.23. The smallest absolute Gasteiger partial charge is 0.311 e. The van der Waals surface area contributed by atoms with Crippen LogP contribution < -0.4 is 5.32 Å². The lowest BCUT2D eigenvalue weighted by Crippen LogP contribution is -2.51. The van der Waals surface area contributed by atoms with Gasteiger partial charge in [-0.3, -0.25) is 19.0 Å². The van der Waals surface area contributed by atoms with E-state index in [1.165, 1.54) is 38.5 Å². The highest BCUT2D eigenvalue weighted by atomic mass is 16.4. The Kier molecular flexibility index (Phi) is 5.15. The van der Waals surface area contributed by atoms with Crippen molar-refractivity contribution in [2.24, 2.45) is 23.2 Å². The van der Waals surface area contributed by atoms with Crippen molar-refractivity contribution in [3.8, 4) is 0 Å². The summed E-state index contributed by atoms with van der Waals surface area (Å²) in [5.41, 5.74) is 2.73. The number of nitrogens with zero attached hydrogens (tertiary/aromatic N) is 3. The van der Waals surface area contributed by atoms with Gasteiger partial charge in [-0.25, -0.2) is 4.98 Å². The highest BCUT2D eigenvalue weighted by Gasteiger charge is 2.50. The Balaban J connectivity index is 1.20. The number of fused-ring (bicyclic) bond motifs is 1. The Morgan fingerprint density at radius 1 is 1.09 bits per heavy atom. The van der Waals surface area contributed by atoms with Gasteiger partial charge in [0.15, 0.2) is 0 Å². The monoisotopic (exact) mass is 458 g/mol. The molecule has 4 bridgehead atoms. The van der Waals surface area contributed by atoms with Crippen LogP contribution in [-0.4, -0.2) is 37.9 Å². The molecule has 7 nitrogen and oxygen atoms in total. The first kappa shape index (κ1) is 21.3. The van der Waals surface area contributed by atoms with Crippen molar-refractivity contribution in [1.29, 1.82) is 0 Å². The number of hydrogen-bond donors (Lipinski definition) is 2. The van der Waals surface area contributed by atoms with E-state index in [1.807, 2.05) is 18.2 Å². The number of carboxylic acid groups (broad SMARTS) is 1. The van der Waals surface area contributed by atoms with E-state index in [0.29, 0.717) is 22.6 Å². The zero-order valence-corrected chi connectivity index (χ0v) is 19.2. The Bertz CT molecular complexity index is 1200. The predicted octanol–water partition coefficient (Wildman–Crippen LogP) is 4.09. The predicted molar refractivity (Wildman–Crippen MR) is 126 cm³/mol. The summed E-state index contributed by atoms with van der Waals surface area (Å²) in [5.74, 6) is 0.803. The molecule has 3 aromatic heterocycles. The van der Waals surface area contributed by atoms with Gasteiger partial charge >= 0.3 is 5.97 Å². The molecular formula is C27H30N4O3. The molecule has 2 N–H and O–H groups in total. The number of hydrogen-bond acceptors (Lipinski definition) is 4. The van der Waals surface area contributed by atoms with Crippen LogP contribution in [0, 0.1) is 23.2 Å². The molecule has 0 spiro atoms. The summed E-state index contributed by atoms with van der Waals surface area (Å²) < 4.78 is 1.78. The molecule has 34 heavy (non-hydrogen) atoms. The van der Waals surface area contributed by atoms with E-state index in [0.717, 1.165) is 24.3 Å². The van der Waals surface area contributed by atoms with Crippen LogP contribution in [0.3, 0.4) is 0 Å². The van der Waals surface area contributed by atoms with Crippen molar-refractivity contribution in [3.05, 3.63) is 65.9 Å². The number of aromatic nitrogens is 3. The Labute approximate surface area is 198 Å². The fourth-order valence-electron chi connectivity index (χ4n) is 7.35. The molecule has 0 saturated heterocycles. The minimum Gasteiger partial charge on any atom is -0.481 e. The highest BCUT2D eigenvalue weighted by molar-refractivity contribution is 5.93. The number of pyridine rings is 2. The third-order valence-electron chi connectivity index (χ3n) is 8.36. The number of rotatable bonds is 7. The molecule has 0 radical (unpaired) electrons. The Hall–Kier alpha value is -3.22. The third kappa shape index (κ3) is 3.87. The summed E-state index contributed by atoms with van der Waals surface area (Å²) in [6.45, 7) is 0.745. The normalized spacial score (nSPS) is 28.2. The molecule has 4 saturated carbocycles. The van der Waals surface area contributed by atoms with Crippen molar-refractivity contribution in [2.75, 3.05) is 6.54 Å². The van der Waals surface area contributed by atoms with E-state index in [2.05, 4.69) is 15.3 Å². The molecule has 4 aliphatic rings. The second-order valence-electron chi connectivity index (χ2n) is 10.9. The summed E-state index contributed by atoms with van der Waals surface area (Å²) in [5, 5.41) is 13.0. The fourth-order valence-corrected chi connectivity index (χ4v) is 7.35. The lowest BCUT2D eigenvalue weighted by molar-refractivity contribution is -0.138. The number of carboxylic acids is 1. The average molecular weight is 459 g/mol. The number of carbonyl (C=O) groups excluding carboxylic acids is 1. The third-order valence-corrected chi connectivity index (χ3v) is 8.36.